The van der Waals surface area contributed by atoms with E-state index < -0.39 is 5.97 Å². The second kappa shape index (κ2) is 7.26. The van der Waals surface area contributed by atoms with Gasteiger partial charge in [-0.1, -0.05) is 0 Å². The second-order valence-electron chi connectivity index (χ2n) is 5.26. The van der Waals surface area contributed by atoms with Crippen LogP contribution in [0.3, 0.4) is 0 Å². The van der Waals surface area contributed by atoms with E-state index in [0.717, 1.165) is 26.1 Å². The van der Waals surface area contributed by atoms with E-state index in [2.05, 4.69) is 17.2 Å². The number of pyridine rings is 1. The lowest BCUT2D eigenvalue weighted by Crippen LogP contribution is -2.31. The molecule has 3 N–H and O–H groups in total. The normalized spacial score (nSPS) is 17.2. The highest BCUT2D eigenvalue weighted by Crippen LogP contribution is 2.22. The molecule has 1 saturated heterocycles. The number of nitrogens with two attached hydrogens (primary N) is 1. The quantitative estimate of drug-likeness (QED) is 0.808. The molecule has 0 spiro atoms. The van der Waals surface area contributed by atoms with Gasteiger partial charge < -0.3 is 20.5 Å². The summed E-state index contributed by atoms with van der Waals surface area (Å²) >= 11 is 0. The molecule has 0 radical (unpaired) electrons. The van der Waals surface area contributed by atoms with Crippen molar-refractivity contribution in [3.63, 3.8) is 0 Å². The lowest BCUT2D eigenvalue weighted by molar-refractivity contribution is 0.0527. The monoisotopic (exact) mass is 293 g/mol. The van der Waals surface area contributed by atoms with Gasteiger partial charge >= 0.3 is 5.97 Å². The average molecular weight is 293 g/mol. The largest absolute Gasteiger partial charge is 0.462 e. The lowest BCUT2D eigenvalue weighted by atomic mass is 9.93. The number of nitrogens with zero attached hydrogens (tertiary/aromatic N) is 1. The Morgan fingerprint density at radius 2 is 2.29 bits per heavy atom. The third-order valence-corrected chi connectivity index (χ3v) is 3.78. The van der Waals surface area contributed by atoms with Gasteiger partial charge in [-0.3, -0.25) is 0 Å². The topological polar surface area (TPSA) is 86.5 Å². The van der Waals surface area contributed by atoms with Gasteiger partial charge in [0, 0.05) is 19.3 Å². The molecule has 21 heavy (non-hydrogen) atoms. The molecule has 2 rings (SSSR count). The van der Waals surface area contributed by atoms with Crippen LogP contribution in [0.25, 0.3) is 0 Å². The third kappa shape index (κ3) is 4.07. The fourth-order valence-electron chi connectivity index (χ4n) is 2.50. The van der Waals surface area contributed by atoms with Gasteiger partial charge in [-0.2, -0.15) is 0 Å². The summed E-state index contributed by atoms with van der Waals surface area (Å²) in [5, 5.41) is 3.35. The van der Waals surface area contributed by atoms with Crippen molar-refractivity contribution in [2.75, 3.05) is 30.9 Å². The van der Waals surface area contributed by atoms with Crippen molar-refractivity contribution in [1.29, 1.82) is 0 Å². The van der Waals surface area contributed by atoms with Crippen LogP contribution in [0, 0.1) is 5.92 Å². The molecule has 0 bridgehead atoms. The number of carbonyl (C=O) groups excluding carboxylic acids is 1. The first-order valence-electron chi connectivity index (χ1n) is 7.38. The van der Waals surface area contributed by atoms with Crippen LogP contribution in [0.5, 0.6) is 0 Å². The molecule has 0 aromatic carbocycles. The van der Waals surface area contributed by atoms with Gasteiger partial charge in [-0.25, -0.2) is 9.78 Å². The maximum atomic E-state index is 11.8. The molecule has 1 aliphatic heterocycles. The molecule has 1 fully saturated rings. The van der Waals surface area contributed by atoms with Crippen LogP contribution in [0.4, 0.5) is 11.5 Å². The van der Waals surface area contributed by atoms with E-state index >= 15 is 0 Å². The standard InChI is InChI=1S/C15H23N3O3/c1-3-21-15(19)12-8-14(17-9-13(12)16)18-10(2)11-4-6-20-7-5-11/h8-11H,3-7,16H2,1-2H3,(H,17,18). The first-order chi connectivity index (χ1) is 10.1. The van der Waals surface area contributed by atoms with Gasteiger partial charge in [0.1, 0.15) is 5.82 Å². The highest BCUT2D eigenvalue weighted by molar-refractivity contribution is 5.95. The van der Waals surface area contributed by atoms with E-state index in [-0.39, 0.29) is 6.04 Å². The van der Waals surface area contributed by atoms with Crippen LogP contribution in [-0.2, 0) is 9.47 Å². The van der Waals surface area contributed by atoms with Gasteiger partial charge in [-0.15, -0.1) is 0 Å². The molecule has 0 saturated carbocycles. The number of hydrogen-bond donors (Lipinski definition) is 2. The molecule has 1 aliphatic rings. The summed E-state index contributed by atoms with van der Waals surface area (Å²) in [7, 11) is 0. The molecule has 1 aromatic rings. The van der Waals surface area contributed by atoms with Gasteiger partial charge in [0.15, 0.2) is 0 Å². The summed E-state index contributed by atoms with van der Waals surface area (Å²) in [6.45, 7) is 5.82. The van der Waals surface area contributed by atoms with Crippen LogP contribution in [-0.4, -0.2) is 36.8 Å². The number of hydrogen-bond acceptors (Lipinski definition) is 6. The van der Waals surface area contributed by atoms with E-state index in [4.69, 9.17) is 15.2 Å². The third-order valence-electron chi connectivity index (χ3n) is 3.78. The fourth-order valence-corrected chi connectivity index (χ4v) is 2.50. The average Bonchev–Trinajstić information content (AvgIpc) is 2.50. The van der Waals surface area contributed by atoms with Crippen LogP contribution in [0.2, 0.25) is 0 Å². The Morgan fingerprint density at radius 1 is 1.57 bits per heavy atom. The maximum Gasteiger partial charge on any atom is 0.340 e. The Balaban J connectivity index is 2.05. The van der Waals surface area contributed by atoms with E-state index in [1.54, 1.807) is 13.0 Å². The molecule has 1 unspecified atom stereocenters. The number of carbonyl (C=O) groups is 1. The molecular weight excluding hydrogens is 270 g/mol. The van der Waals surface area contributed by atoms with E-state index in [9.17, 15) is 4.79 Å². The smallest absolute Gasteiger partial charge is 0.340 e. The SMILES string of the molecule is CCOC(=O)c1cc(NC(C)C2CCOCC2)ncc1N. The summed E-state index contributed by atoms with van der Waals surface area (Å²) in [5.41, 5.74) is 6.47. The van der Waals surface area contributed by atoms with Crippen LogP contribution in [0.15, 0.2) is 12.3 Å². The summed E-state index contributed by atoms with van der Waals surface area (Å²) in [5.74, 6) is 0.773. The van der Waals surface area contributed by atoms with Crippen molar-refractivity contribution >= 4 is 17.5 Å². The summed E-state index contributed by atoms with van der Waals surface area (Å²) < 4.78 is 10.4. The molecular formula is C15H23N3O3. The number of anilines is 2. The number of aromatic nitrogens is 1. The van der Waals surface area contributed by atoms with Crippen molar-refractivity contribution < 1.29 is 14.3 Å². The van der Waals surface area contributed by atoms with Crippen molar-refractivity contribution in [3.8, 4) is 0 Å². The van der Waals surface area contributed by atoms with Crippen molar-refractivity contribution in [2.24, 2.45) is 5.92 Å². The van der Waals surface area contributed by atoms with E-state index in [1.807, 2.05) is 0 Å². The molecule has 0 aliphatic carbocycles. The van der Waals surface area contributed by atoms with Gasteiger partial charge in [0.05, 0.1) is 24.1 Å². The number of nitrogen functional groups attached to an aromatic ring is 1. The Bertz CT molecular complexity index is 487. The van der Waals surface area contributed by atoms with Crippen molar-refractivity contribution in [2.45, 2.75) is 32.7 Å². The zero-order chi connectivity index (χ0) is 15.2. The first-order valence-corrected chi connectivity index (χ1v) is 7.38. The maximum absolute atomic E-state index is 11.8. The Morgan fingerprint density at radius 3 is 2.95 bits per heavy atom. The summed E-state index contributed by atoms with van der Waals surface area (Å²) in [6, 6.07) is 1.92. The highest BCUT2D eigenvalue weighted by atomic mass is 16.5. The molecule has 6 heteroatoms. The van der Waals surface area contributed by atoms with Gasteiger partial charge in [0.25, 0.3) is 0 Å². The van der Waals surface area contributed by atoms with Crippen molar-refractivity contribution in [1.82, 2.24) is 4.98 Å². The predicted octanol–water partition coefficient (Wildman–Crippen LogP) is 2.07. The first kappa shape index (κ1) is 15.6. The number of esters is 1. The fraction of sp³-hybridized carbons (Fsp3) is 0.600. The van der Waals surface area contributed by atoms with Gasteiger partial charge in [-0.05, 0) is 38.7 Å². The van der Waals surface area contributed by atoms with Crippen molar-refractivity contribution in [3.05, 3.63) is 17.8 Å². The zero-order valence-electron chi connectivity index (χ0n) is 12.6. The number of rotatable bonds is 5. The molecule has 6 nitrogen and oxygen atoms in total. The summed E-state index contributed by atoms with van der Waals surface area (Å²) in [4.78, 5) is 16.1. The molecule has 2 heterocycles. The lowest BCUT2D eigenvalue weighted by Gasteiger charge is -2.28. The minimum Gasteiger partial charge on any atom is -0.462 e. The summed E-state index contributed by atoms with van der Waals surface area (Å²) in [6.07, 6.45) is 3.56. The van der Waals surface area contributed by atoms with Crippen LogP contribution >= 0.6 is 0 Å². The molecule has 0 amide bonds. The second-order valence-corrected chi connectivity index (χ2v) is 5.26. The highest BCUT2D eigenvalue weighted by Gasteiger charge is 2.21. The molecule has 1 atom stereocenters. The Labute approximate surface area is 125 Å². The van der Waals surface area contributed by atoms with Crippen LogP contribution < -0.4 is 11.1 Å². The Hall–Kier alpha value is -1.82. The molecule has 116 valence electrons. The predicted molar refractivity (Wildman–Crippen MR) is 81.2 cm³/mol. The minimum atomic E-state index is -0.417. The van der Waals surface area contributed by atoms with E-state index in [0.29, 0.717) is 29.6 Å². The number of ether oxygens (including phenoxy) is 2. The zero-order valence-corrected chi connectivity index (χ0v) is 12.6. The Kier molecular flexibility index (Phi) is 5.38. The molecule has 1 aromatic heterocycles. The van der Waals surface area contributed by atoms with E-state index in [1.165, 1.54) is 6.20 Å². The van der Waals surface area contributed by atoms with Crippen LogP contribution in [0.1, 0.15) is 37.0 Å². The number of nitrogens with one attached hydrogen (secondary N) is 1. The minimum absolute atomic E-state index is 0.264. The van der Waals surface area contributed by atoms with Gasteiger partial charge in [0.2, 0.25) is 0 Å².